The Morgan fingerprint density at radius 1 is 1.46 bits per heavy atom. The van der Waals surface area contributed by atoms with Gasteiger partial charge in [0.2, 0.25) is 0 Å². The summed E-state index contributed by atoms with van der Waals surface area (Å²) in [5.41, 5.74) is 1.57. The van der Waals surface area contributed by atoms with Crippen molar-refractivity contribution in [3.63, 3.8) is 0 Å². The van der Waals surface area contributed by atoms with Crippen LogP contribution in [0.25, 0.3) is 0 Å². The predicted molar refractivity (Wildman–Crippen MR) is 52.2 cm³/mol. The maximum Gasteiger partial charge on any atom is 0.153 e. The average Bonchev–Trinajstić information content (AvgIpc) is 2.17. The first-order valence-electron chi connectivity index (χ1n) is 3.99. The topological polar surface area (TPSA) is 29.1 Å². The van der Waals surface area contributed by atoms with Crippen molar-refractivity contribution in [3.05, 3.63) is 46.7 Å². The summed E-state index contributed by atoms with van der Waals surface area (Å²) in [7, 11) is 0. The van der Waals surface area contributed by atoms with Crippen LogP contribution in [-0.2, 0) is 4.79 Å². The van der Waals surface area contributed by atoms with Crippen molar-refractivity contribution in [1.82, 2.24) is 5.32 Å². The molecule has 0 aromatic heterocycles. The Morgan fingerprint density at radius 3 is 3.08 bits per heavy atom. The van der Waals surface area contributed by atoms with Gasteiger partial charge in [0.25, 0.3) is 0 Å². The molecule has 0 saturated carbocycles. The zero-order valence-corrected chi connectivity index (χ0v) is 7.58. The summed E-state index contributed by atoms with van der Waals surface area (Å²) in [6, 6.07) is 0.112. The van der Waals surface area contributed by atoms with Crippen molar-refractivity contribution in [3.8, 4) is 0 Å². The minimum atomic E-state index is 0.112. The highest BCUT2D eigenvalue weighted by Gasteiger charge is 2.18. The Labute approximate surface area is 81.3 Å². The van der Waals surface area contributed by atoms with Crippen LogP contribution in [0.4, 0.5) is 0 Å². The van der Waals surface area contributed by atoms with E-state index >= 15 is 0 Å². The molecule has 1 N–H and O–H groups in total. The minimum Gasteiger partial charge on any atom is -0.365 e. The number of rotatable bonds is 1. The van der Waals surface area contributed by atoms with Gasteiger partial charge < -0.3 is 5.32 Å². The second-order valence-corrected chi connectivity index (χ2v) is 3.28. The van der Waals surface area contributed by atoms with E-state index in [1.54, 1.807) is 6.08 Å². The Balaban J connectivity index is 2.39. The Bertz CT molecular complexity index is 363. The molecule has 13 heavy (non-hydrogen) atoms. The van der Waals surface area contributed by atoms with Gasteiger partial charge in [-0.1, -0.05) is 35.9 Å². The smallest absolute Gasteiger partial charge is 0.153 e. The Kier molecular flexibility index (Phi) is 2.07. The number of dihydropyridines is 1. The maximum absolute atomic E-state index is 10.6. The maximum atomic E-state index is 10.6. The van der Waals surface area contributed by atoms with Gasteiger partial charge in [-0.25, -0.2) is 0 Å². The zero-order chi connectivity index (χ0) is 9.26. The number of nitrogens with one attached hydrogen (secondary N) is 1. The molecule has 0 aromatic rings. The van der Waals surface area contributed by atoms with Crippen molar-refractivity contribution < 1.29 is 4.79 Å². The van der Waals surface area contributed by atoms with Crippen LogP contribution < -0.4 is 5.32 Å². The lowest BCUT2D eigenvalue weighted by Gasteiger charge is -2.23. The minimum absolute atomic E-state index is 0.112. The molecule has 1 aliphatic carbocycles. The van der Waals surface area contributed by atoms with E-state index in [0.29, 0.717) is 10.7 Å². The van der Waals surface area contributed by atoms with Gasteiger partial charge in [0.1, 0.15) is 5.16 Å². The van der Waals surface area contributed by atoms with Crippen molar-refractivity contribution in [2.24, 2.45) is 0 Å². The van der Waals surface area contributed by atoms with Gasteiger partial charge in [0.15, 0.2) is 6.29 Å². The van der Waals surface area contributed by atoms with Crippen molar-refractivity contribution >= 4 is 17.9 Å². The zero-order valence-electron chi connectivity index (χ0n) is 6.83. The average molecular weight is 194 g/mol. The molecular weight excluding hydrogens is 186 g/mol. The fourth-order valence-electron chi connectivity index (χ4n) is 1.37. The summed E-state index contributed by atoms with van der Waals surface area (Å²) in [6.07, 6.45) is 10.4. The first kappa shape index (κ1) is 8.32. The molecule has 0 spiro atoms. The number of aldehydes is 1. The summed E-state index contributed by atoms with van der Waals surface area (Å²) >= 11 is 5.84. The number of hydrogen-bond donors (Lipinski definition) is 1. The molecule has 66 valence electrons. The number of allylic oxidation sites excluding steroid dienone is 4. The lowest BCUT2D eigenvalue weighted by molar-refractivity contribution is -0.104. The van der Waals surface area contributed by atoms with E-state index in [1.165, 1.54) is 0 Å². The third-order valence-corrected chi connectivity index (χ3v) is 2.37. The van der Waals surface area contributed by atoms with E-state index in [9.17, 15) is 4.79 Å². The molecule has 1 unspecified atom stereocenters. The number of carbonyl (C=O) groups is 1. The van der Waals surface area contributed by atoms with Crippen LogP contribution in [0.3, 0.4) is 0 Å². The fourth-order valence-corrected chi connectivity index (χ4v) is 1.59. The molecule has 2 nitrogen and oxygen atoms in total. The molecule has 0 saturated heterocycles. The van der Waals surface area contributed by atoms with E-state index in [2.05, 4.69) is 5.32 Å². The van der Waals surface area contributed by atoms with Crippen LogP contribution >= 0.6 is 11.6 Å². The van der Waals surface area contributed by atoms with Gasteiger partial charge in [-0.2, -0.15) is 0 Å². The summed E-state index contributed by atoms with van der Waals surface area (Å²) in [5, 5.41) is 3.45. The van der Waals surface area contributed by atoms with Gasteiger partial charge in [-0.15, -0.1) is 0 Å². The largest absolute Gasteiger partial charge is 0.365 e. The molecule has 0 aromatic carbocycles. The van der Waals surface area contributed by atoms with Gasteiger partial charge in [0, 0.05) is 5.57 Å². The summed E-state index contributed by atoms with van der Waals surface area (Å²) in [5.74, 6) is 0. The fraction of sp³-hybridized carbons (Fsp3) is 0.100. The van der Waals surface area contributed by atoms with E-state index in [0.717, 1.165) is 11.9 Å². The first-order chi connectivity index (χ1) is 6.31. The van der Waals surface area contributed by atoms with Crippen LogP contribution in [-0.4, -0.2) is 12.3 Å². The van der Waals surface area contributed by atoms with Crippen molar-refractivity contribution in [2.45, 2.75) is 6.04 Å². The molecule has 2 rings (SSSR count). The predicted octanol–water partition coefficient (Wildman–Crippen LogP) is 1.66. The molecular formula is C10H8ClNO. The lowest BCUT2D eigenvalue weighted by Crippen LogP contribution is -2.31. The van der Waals surface area contributed by atoms with E-state index in [1.807, 2.05) is 24.3 Å². The van der Waals surface area contributed by atoms with Gasteiger partial charge in [-0.3, -0.25) is 4.79 Å². The van der Waals surface area contributed by atoms with Gasteiger partial charge in [-0.05, 0) is 11.6 Å². The van der Waals surface area contributed by atoms with Crippen molar-refractivity contribution in [1.29, 1.82) is 0 Å². The standard InChI is InChI=1S/C10H8ClNO/c11-10-8(6-13)5-7-3-1-2-4-9(7)12-10/h1-6,9,12H. The van der Waals surface area contributed by atoms with Crippen molar-refractivity contribution in [2.75, 3.05) is 0 Å². The highest BCUT2D eigenvalue weighted by molar-refractivity contribution is 6.31. The third-order valence-electron chi connectivity index (χ3n) is 2.05. The first-order valence-corrected chi connectivity index (χ1v) is 4.37. The molecule has 0 amide bonds. The van der Waals surface area contributed by atoms with Crippen LogP contribution in [0.1, 0.15) is 0 Å². The number of halogens is 1. The highest BCUT2D eigenvalue weighted by Crippen LogP contribution is 2.22. The van der Waals surface area contributed by atoms with Crippen LogP contribution in [0.15, 0.2) is 46.7 Å². The molecule has 1 atom stereocenters. The molecule has 0 bridgehead atoms. The summed E-state index contributed by atoms with van der Waals surface area (Å²) < 4.78 is 0. The second-order valence-electron chi connectivity index (χ2n) is 2.90. The molecule has 1 heterocycles. The van der Waals surface area contributed by atoms with Gasteiger partial charge in [0.05, 0.1) is 6.04 Å². The number of carbonyl (C=O) groups excluding carboxylic acids is 1. The van der Waals surface area contributed by atoms with Gasteiger partial charge >= 0.3 is 0 Å². The number of hydrogen-bond acceptors (Lipinski definition) is 2. The summed E-state index contributed by atoms with van der Waals surface area (Å²) in [6.45, 7) is 0. The Morgan fingerprint density at radius 2 is 2.31 bits per heavy atom. The Hall–Kier alpha value is -1.28. The third kappa shape index (κ3) is 1.45. The van der Waals surface area contributed by atoms with E-state index < -0.39 is 0 Å². The molecule has 3 heteroatoms. The molecule has 0 radical (unpaired) electrons. The lowest BCUT2D eigenvalue weighted by atomic mass is 9.97. The highest BCUT2D eigenvalue weighted by atomic mass is 35.5. The van der Waals surface area contributed by atoms with E-state index in [4.69, 9.17) is 11.6 Å². The van der Waals surface area contributed by atoms with Crippen LogP contribution in [0.2, 0.25) is 0 Å². The second kappa shape index (κ2) is 3.23. The monoisotopic (exact) mass is 193 g/mol. The quantitative estimate of drug-likeness (QED) is 0.507. The SMILES string of the molecule is O=CC1=C(Cl)NC2C=CC=CC2=C1. The molecule has 2 aliphatic rings. The van der Waals surface area contributed by atoms with E-state index in [-0.39, 0.29) is 6.04 Å². The van der Waals surface area contributed by atoms with Crippen LogP contribution in [0.5, 0.6) is 0 Å². The van der Waals surface area contributed by atoms with Crippen LogP contribution in [0, 0.1) is 0 Å². The molecule has 1 aliphatic heterocycles. The molecule has 0 fully saturated rings. The summed E-state index contributed by atoms with van der Waals surface area (Å²) in [4.78, 5) is 10.6. The normalized spacial score (nSPS) is 25.0. The number of fused-ring (bicyclic) bond motifs is 1.